The molecule has 1 atom stereocenters. The Bertz CT molecular complexity index is 452. The van der Waals surface area contributed by atoms with Crippen molar-refractivity contribution in [3.05, 3.63) is 30.3 Å². The fourth-order valence-corrected chi connectivity index (χ4v) is 2.00. The van der Waals surface area contributed by atoms with Crippen LogP contribution in [0.3, 0.4) is 0 Å². The molecule has 0 aliphatic heterocycles. The number of nitrogens with one attached hydrogen (secondary N) is 2. The van der Waals surface area contributed by atoms with E-state index in [1.807, 2.05) is 39.0 Å². The molecule has 5 nitrogen and oxygen atoms in total. The van der Waals surface area contributed by atoms with E-state index < -0.39 is 12.0 Å². The molecule has 3 N–H and O–H groups in total. The van der Waals surface area contributed by atoms with Crippen LogP contribution in [0.25, 0.3) is 0 Å². The van der Waals surface area contributed by atoms with Crippen molar-refractivity contribution in [2.75, 3.05) is 5.32 Å². The molecule has 0 aliphatic rings. The zero-order chi connectivity index (χ0) is 15.2. The second-order valence-electron chi connectivity index (χ2n) is 6.02. The van der Waals surface area contributed by atoms with Gasteiger partial charge in [0.15, 0.2) is 0 Å². The number of benzene rings is 1. The van der Waals surface area contributed by atoms with Gasteiger partial charge in [-0.3, -0.25) is 4.79 Å². The van der Waals surface area contributed by atoms with Crippen molar-refractivity contribution in [3.8, 4) is 0 Å². The first-order chi connectivity index (χ1) is 9.26. The summed E-state index contributed by atoms with van der Waals surface area (Å²) >= 11 is 0. The molecular formula is C15H22N2O3. The van der Waals surface area contributed by atoms with E-state index in [4.69, 9.17) is 5.11 Å². The Balaban J connectivity index is 2.59. The number of carbonyl (C=O) groups is 2. The summed E-state index contributed by atoms with van der Waals surface area (Å²) in [6.07, 6.45) is 0.515. The number of aliphatic carboxylic acids is 1. The maximum absolute atomic E-state index is 11.9. The van der Waals surface area contributed by atoms with E-state index in [0.29, 0.717) is 12.1 Å². The molecule has 110 valence electrons. The van der Waals surface area contributed by atoms with E-state index in [0.717, 1.165) is 0 Å². The molecule has 0 aromatic heterocycles. The number of hydrogen-bond donors (Lipinski definition) is 3. The van der Waals surface area contributed by atoms with Crippen LogP contribution in [-0.2, 0) is 4.79 Å². The van der Waals surface area contributed by atoms with Gasteiger partial charge in [0.05, 0.1) is 6.42 Å². The van der Waals surface area contributed by atoms with Gasteiger partial charge in [-0.2, -0.15) is 0 Å². The van der Waals surface area contributed by atoms with Gasteiger partial charge in [-0.15, -0.1) is 0 Å². The van der Waals surface area contributed by atoms with Gasteiger partial charge in [0.2, 0.25) is 0 Å². The fourth-order valence-electron chi connectivity index (χ4n) is 2.00. The zero-order valence-electron chi connectivity index (χ0n) is 12.1. The van der Waals surface area contributed by atoms with Crippen LogP contribution in [0.5, 0.6) is 0 Å². The first-order valence-corrected chi connectivity index (χ1v) is 6.60. The molecule has 0 bridgehead atoms. The average Bonchev–Trinajstić information content (AvgIpc) is 2.26. The number of carboxylic acids is 1. The number of para-hydroxylation sites is 1. The summed E-state index contributed by atoms with van der Waals surface area (Å²) in [6.45, 7) is 6.04. The smallest absolute Gasteiger partial charge is 0.319 e. The maximum Gasteiger partial charge on any atom is 0.319 e. The summed E-state index contributed by atoms with van der Waals surface area (Å²) < 4.78 is 0. The second kappa shape index (κ2) is 6.93. The Kier molecular flexibility index (Phi) is 5.55. The molecule has 0 fully saturated rings. The highest BCUT2D eigenvalue weighted by molar-refractivity contribution is 5.89. The summed E-state index contributed by atoms with van der Waals surface area (Å²) in [5.41, 5.74) is 0.620. The van der Waals surface area contributed by atoms with Crippen LogP contribution in [0.4, 0.5) is 10.5 Å². The van der Waals surface area contributed by atoms with E-state index in [9.17, 15) is 9.59 Å². The quantitative estimate of drug-likeness (QED) is 0.774. The monoisotopic (exact) mass is 278 g/mol. The van der Waals surface area contributed by atoms with E-state index >= 15 is 0 Å². The molecular weight excluding hydrogens is 256 g/mol. The highest BCUT2D eigenvalue weighted by atomic mass is 16.4. The molecule has 0 heterocycles. The van der Waals surface area contributed by atoms with E-state index in [1.54, 1.807) is 12.1 Å². The van der Waals surface area contributed by atoms with Crippen LogP contribution in [-0.4, -0.2) is 23.1 Å². The number of urea groups is 1. The van der Waals surface area contributed by atoms with Gasteiger partial charge in [0.1, 0.15) is 0 Å². The lowest BCUT2D eigenvalue weighted by Gasteiger charge is -2.25. The van der Waals surface area contributed by atoms with Crippen LogP contribution < -0.4 is 10.6 Å². The van der Waals surface area contributed by atoms with Gasteiger partial charge in [-0.1, -0.05) is 39.0 Å². The summed E-state index contributed by atoms with van der Waals surface area (Å²) in [4.78, 5) is 22.7. The lowest BCUT2D eigenvalue weighted by atomic mass is 9.87. The molecule has 1 rings (SSSR count). The molecule has 1 aromatic carbocycles. The van der Waals surface area contributed by atoms with Crippen LogP contribution >= 0.6 is 0 Å². The Hall–Kier alpha value is -2.04. The van der Waals surface area contributed by atoms with Gasteiger partial charge < -0.3 is 15.7 Å². The summed E-state index contributed by atoms with van der Waals surface area (Å²) in [6, 6.07) is 8.27. The minimum Gasteiger partial charge on any atom is -0.481 e. The lowest BCUT2D eigenvalue weighted by molar-refractivity contribution is -0.137. The fraction of sp³-hybridized carbons (Fsp3) is 0.467. The first kappa shape index (κ1) is 16.0. The minimum atomic E-state index is -0.917. The van der Waals surface area contributed by atoms with E-state index in [1.165, 1.54) is 0 Å². The van der Waals surface area contributed by atoms with Gasteiger partial charge in [0.25, 0.3) is 0 Å². The molecule has 0 radical (unpaired) electrons. The highest BCUT2D eigenvalue weighted by Crippen LogP contribution is 2.22. The highest BCUT2D eigenvalue weighted by Gasteiger charge is 2.22. The van der Waals surface area contributed by atoms with Crippen LogP contribution in [0.15, 0.2) is 30.3 Å². The molecule has 1 unspecified atom stereocenters. The zero-order valence-corrected chi connectivity index (χ0v) is 12.1. The number of carbonyl (C=O) groups excluding carboxylic acids is 1. The van der Waals surface area contributed by atoms with Crippen molar-refractivity contribution in [2.45, 2.75) is 39.7 Å². The van der Waals surface area contributed by atoms with Crippen molar-refractivity contribution in [1.82, 2.24) is 5.32 Å². The van der Waals surface area contributed by atoms with Gasteiger partial charge >= 0.3 is 12.0 Å². The maximum atomic E-state index is 11.9. The van der Waals surface area contributed by atoms with Crippen LogP contribution in [0.1, 0.15) is 33.6 Å². The van der Waals surface area contributed by atoms with Gasteiger partial charge in [0, 0.05) is 11.7 Å². The molecule has 20 heavy (non-hydrogen) atoms. The standard InChI is InChI=1S/C15H22N2O3/c1-15(2,3)10-12(9-13(18)19)17-14(20)16-11-7-5-4-6-8-11/h4-8,12H,9-10H2,1-3H3,(H,18,19)(H2,16,17,20). The predicted octanol–water partition coefficient (Wildman–Crippen LogP) is 3.09. The Morgan fingerprint density at radius 2 is 1.80 bits per heavy atom. The average molecular weight is 278 g/mol. The van der Waals surface area contributed by atoms with Crippen molar-refractivity contribution in [1.29, 1.82) is 0 Å². The number of hydrogen-bond acceptors (Lipinski definition) is 2. The van der Waals surface area contributed by atoms with E-state index in [-0.39, 0.29) is 17.9 Å². The minimum absolute atomic E-state index is 0.0554. The van der Waals surface area contributed by atoms with Gasteiger partial charge in [-0.05, 0) is 24.0 Å². The summed E-state index contributed by atoms with van der Waals surface area (Å²) in [5.74, 6) is -0.917. The van der Waals surface area contributed by atoms with E-state index in [2.05, 4.69) is 10.6 Å². The molecule has 0 spiro atoms. The number of rotatable bonds is 5. The Morgan fingerprint density at radius 3 is 2.30 bits per heavy atom. The van der Waals surface area contributed by atoms with Crippen LogP contribution in [0, 0.1) is 5.41 Å². The van der Waals surface area contributed by atoms with Crippen molar-refractivity contribution < 1.29 is 14.7 Å². The largest absolute Gasteiger partial charge is 0.481 e. The van der Waals surface area contributed by atoms with Gasteiger partial charge in [-0.25, -0.2) is 4.79 Å². The Labute approximate surface area is 119 Å². The normalized spacial score (nSPS) is 12.6. The SMILES string of the molecule is CC(C)(C)CC(CC(=O)O)NC(=O)Nc1ccccc1. The third kappa shape index (κ3) is 6.78. The van der Waals surface area contributed by atoms with Crippen molar-refractivity contribution >= 4 is 17.7 Å². The van der Waals surface area contributed by atoms with Crippen molar-refractivity contribution in [2.24, 2.45) is 5.41 Å². The molecule has 2 amide bonds. The predicted molar refractivity (Wildman–Crippen MR) is 78.7 cm³/mol. The summed E-state index contributed by atoms with van der Waals surface area (Å²) in [7, 11) is 0. The molecule has 0 saturated heterocycles. The lowest BCUT2D eigenvalue weighted by Crippen LogP contribution is -2.41. The molecule has 5 heteroatoms. The second-order valence-corrected chi connectivity index (χ2v) is 6.02. The molecule has 1 aromatic rings. The topological polar surface area (TPSA) is 78.4 Å². The first-order valence-electron chi connectivity index (χ1n) is 6.60. The third-order valence-corrected chi connectivity index (χ3v) is 2.65. The Morgan fingerprint density at radius 1 is 1.20 bits per heavy atom. The van der Waals surface area contributed by atoms with Crippen molar-refractivity contribution in [3.63, 3.8) is 0 Å². The number of anilines is 1. The molecule has 0 aliphatic carbocycles. The number of carboxylic acid groups (broad SMARTS) is 1. The summed E-state index contributed by atoms with van der Waals surface area (Å²) in [5, 5.41) is 14.3. The van der Waals surface area contributed by atoms with Crippen LogP contribution in [0.2, 0.25) is 0 Å². The third-order valence-electron chi connectivity index (χ3n) is 2.65. The molecule has 0 saturated carbocycles. The number of amides is 2.